The van der Waals surface area contributed by atoms with Crippen LogP contribution in [0.2, 0.25) is 0 Å². The van der Waals surface area contributed by atoms with Gasteiger partial charge in [0.2, 0.25) is 0 Å². The van der Waals surface area contributed by atoms with Crippen LogP contribution in [0.1, 0.15) is 66.8 Å². The lowest BCUT2D eigenvalue weighted by atomic mass is 9.83. The number of rotatable bonds is 18. The summed E-state index contributed by atoms with van der Waals surface area (Å²) in [5, 5.41) is 14.8. The molecule has 132 heavy (non-hydrogen) atoms. The average Bonchev–Trinajstić information content (AvgIpc) is 0.709. The van der Waals surface area contributed by atoms with Gasteiger partial charge in [-0.3, -0.25) is 0 Å². The molecule has 636 valence electrons. The Bertz CT molecular complexity index is 7490. The van der Waals surface area contributed by atoms with Gasteiger partial charge in [0.25, 0.3) is 0 Å². The van der Waals surface area contributed by atoms with E-state index in [2.05, 4.69) is 515 Å². The molecule has 0 saturated heterocycles. The van der Waals surface area contributed by atoms with Crippen molar-refractivity contribution >= 4 is 133 Å². The molecule has 0 fully saturated rings. The highest BCUT2D eigenvalue weighted by Gasteiger charge is 2.31. The van der Waals surface area contributed by atoms with Crippen molar-refractivity contribution in [3.05, 3.63) is 479 Å². The van der Waals surface area contributed by atoms with Crippen molar-refractivity contribution in [3.8, 4) is 66.8 Å². The van der Waals surface area contributed by atoms with Crippen LogP contribution in [0.15, 0.2) is 413 Å². The molecular formula is C128H104N4. The number of benzene rings is 22. The van der Waals surface area contributed by atoms with Gasteiger partial charge in [-0.25, -0.2) is 0 Å². The van der Waals surface area contributed by atoms with Crippen LogP contribution in [0.25, 0.3) is 131 Å². The smallest absolute Gasteiger partial charge is 0.0546 e. The van der Waals surface area contributed by atoms with Gasteiger partial charge in [-0.05, 0) is 359 Å². The van der Waals surface area contributed by atoms with E-state index in [4.69, 9.17) is 0 Å². The van der Waals surface area contributed by atoms with Gasteiger partial charge >= 0.3 is 0 Å². The number of nitrogens with zero attached hydrogens (tertiary/aromatic N) is 4. The lowest BCUT2D eigenvalue weighted by Crippen LogP contribution is -2.13. The molecule has 0 bridgehead atoms. The molecule has 4 heteroatoms. The summed E-state index contributed by atoms with van der Waals surface area (Å²) in [6.45, 7) is 26.5. The van der Waals surface area contributed by atoms with Gasteiger partial charge in [0.05, 0.1) is 22.7 Å². The van der Waals surface area contributed by atoms with E-state index in [1.807, 2.05) is 0 Å². The lowest BCUT2D eigenvalue weighted by Gasteiger charge is -2.32. The van der Waals surface area contributed by atoms with Crippen molar-refractivity contribution in [1.29, 1.82) is 0 Å². The summed E-state index contributed by atoms with van der Waals surface area (Å²) in [5.74, 6) is 0. The van der Waals surface area contributed by atoms with Crippen LogP contribution in [0.5, 0.6) is 0 Å². The Hall–Kier alpha value is -15.9. The summed E-state index contributed by atoms with van der Waals surface area (Å²) in [7, 11) is 0. The fourth-order valence-corrected chi connectivity index (χ4v) is 20.2. The zero-order valence-corrected chi connectivity index (χ0v) is 77.0. The van der Waals surface area contributed by atoms with Crippen LogP contribution in [0.3, 0.4) is 0 Å². The zero-order chi connectivity index (χ0) is 90.1. The third-order valence-corrected chi connectivity index (χ3v) is 27.5. The van der Waals surface area contributed by atoms with Crippen LogP contribution in [0.4, 0.5) is 68.2 Å². The Labute approximate surface area is 776 Å². The molecule has 0 heterocycles. The molecule has 0 aliphatic heterocycles. The standard InChI is InChI=1S/C72H60N2.C56H44N2/c1-45-27-31-55(39-49(45)5)73(56-32-28-46(2)50(6)40-56)69-43-67(61-25-17-15-23-59(61)53-19-11-9-12-20-53)63-36-38-66-70(74(57-33-29-47(3)51(7)41-57)58-34-30-48(4)52(8)42-58)44-68(64-35-37-65(69)71(63)72(64)66)62-26-18-16-24-60(62)54-21-13-10-14-22-54;1-37-15-11-23-43(31-37)57(44-24-12-16-38(2)32-44)53-35-51(41-19-7-5-8-20-41)47-28-30-50-54(58(45-25-13-17-39(3)33-45)46-26-14-18-40(4)34-46)36-52(42-21-9-6-10-22-42)48-27-29-49(53)55(47)56(48)50/h9-44H,1-8H3;5-36H,1-4H3. The van der Waals surface area contributed by atoms with Crippen LogP contribution < -0.4 is 19.6 Å². The van der Waals surface area contributed by atoms with Crippen LogP contribution in [-0.2, 0) is 0 Å². The average molecular weight is 1700 g/mol. The predicted octanol–water partition coefficient (Wildman–Crippen LogP) is 36.8. The third-order valence-electron chi connectivity index (χ3n) is 27.5. The van der Waals surface area contributed by atoms with E-state index in [1.165, 1.54) is 198 Å². The van der Waals surface area contributed by atoms with Crippen molar-refractivity contribution in [2.24, 2.45) is 0 Å². The van der Waals surface area contributed by atoms with E-state index >= 15 is 0 Å². The van der Waals surface area contributed by atoms with Gasteiger partial charge in [0, 0.05) is 88.6 Å². The molecule has 22 aromatic carbocycles. The molecule has 0 N–H and O–H groups in total. The first kappa shape index (κ1) is 83.1. The van der Waals surface area contributed by atoms with E-state index in [1.54, 1.807) is 0 Å². The highest BCUT2D eigenvalue weighted by molar-refractivity contribution is 6.35. The van der Waals surface area contributed by atoms with Gasteiger partial charge in [-0.1, -0.05) is 291 Å². The van der Waals surface area contributed by atoms with Crippen molar-refractivity contribution in [2.75, 3.05) is 19.6 Å². The van der Waals surface area contributed by atoms with Crippen LogP contribution in [0, 0.1) is 83.1 Å². The Kier molecular flexibility index (Phi) is 21.8. The molecule has 0 aliphatic carbocycles. The van der Waals surface area contributed by atoms with Gasteiger partial charge in [-0.15, -0.1) is 0 Å². The molecule has 0 unspecified atom stereocenters. The summed E-state index contributed by atoms with van der Waals surface area (Å²) < 4.78 is 0. The minimum Gasteiger partial charge on any atom is -0.310 e. The van der Waals surface area contributed by atoms with Crippen molar-refractivity contribution in [2.45, 2.75) is 83.1 Å². The number of hydrogen-bond donors (Lipinski definition) is 0. The quantitative estimate of drug-likeness (QED) is 0.0794. The summed E-state index contributed by atoms with van der Waals surface area (Å²) in [4.78, 5) is 9.96. The zero-order valence-electron chi connectivity index (χ0n) is 77.0. The predicted molar refractivity (Wildman–Crippen MR) is 568 cm³/mol. The fourth-order valence-electron chi connectivity index (χ4n) is 20.2. The minimum absolute atomic E-state index is 1.13. The Morgan fingerprint density at radius 3 is 0.576 bits per heavy atom. The summed E-state index contributed by atoms with van der Waals surface area (Å²) in [5.41, 5.74) is 43.0. The highest BCUT2D eigenvalue weighted by atomic mass is 15.2. The Morgan fingerprint density at radius 2 is 0.333 bits per heavy atom. The highest BCUT2D eigenvalue weighted by Crippen LogP contribution is 2.57. The van der Waals surface area contributed by atoms with Crippen LogP contribution in [-0.4, -0.2) is 0 Å². The molecular weight excluding hydrogens is 1590 g/mol. The van der Waals surface area contributed by atoms with Gasteiger partial charge in [-0.2, -0.15) is 0 Å². The van der Waals surface area contributed by atoms with Crippen molar-refractivity contribution in [1.82, 2.24) is 0 Å². The van der Waals surface area contributed by atoms with E-state index in [-0.39, 0.29) is 0 Å². The maximum Gasteiger partial charge on any atom is 0.0546 e. The third kappa shape index (κ3) is 15.2. The largest absolute Gasteiger partial charge is 0.310 e. The van der Waals surface area contributed by atoms with E-state index in [0.29, 0.717) is 0 Å². The minimum atomic E-state index is 1.13. The molecule has 0 aromatic heterocycles. The van der Waals surface area contributed by atoms with Crippen molar-refractivity contribution < 1.29 is 0 Å². The lowest BCUT2D eigenvalue weighted by molar-refractivity contribution is 1.24. The summed E-state index contributed by atoms with van der Waals surface area (Å²) in [6, 6.07) is 154. The number of anilines is 12. The van der Waals surface area contributed by atoms with E-state index < -0.39 is 0 Å². The first-order valence-electron chi connectivity index (χ1n) is 46.2. The maximum absolute atomic E-state index is 2.52. The normalized spacial score (nSPS) is 11.5. The molecule has 0 spiro atoms. The topological polar surface area (TPSA) is 13.0 Å². The fraction of sp³-hybridized carbons (Fsp3) is 0.0938. The molecule has 0 atom stereocenters. The monoisotopic (exact) mass is 1700 g/mol. The molecule has 4 nitrogen and oxygen atoms in total. The van der Waals surface area contributed by atoms with Crippen LogP contribution >= 0.6 is 0 Å². The number of hydrogen-bond acceptors (Lipinski definition) is 4. The first-order chi connectivity index (χ1) is 64.4. The van der Waals surface area contributed by atoms with Gasteiger partial charge in [0.15, 0.2) is 0 Å². The summed E-state index contributed by atoms with van der Waals surface area (Å²) >= 11 is 0. The first-order valence-corrected chi connectivity index (χ1v) is 46.2. The second-order valence-corrected chi connectivity index (χ2v) is 36.2. The van der Waals surface area contributed by atoms with Gasteiger partial charge in [0.1, 0.15) is 0 Å². The number of aryl methyl sites for hydroxylation is 12. The maximum atomic E-state index is 2.52. The molecule has 0 aliphatic rings. The second-order valence-electron chi connectivity index (χ2n) is 36.2. The van der Waals surface area contributed by atoms with Crippen molar-refractivity contribution in [3.63, 3.8) is 0 Å². The van der Waals surface area contributed by atoms with E-state index in [0.717, 1.165) is 68.2 Å². The second kappa shape index (κ2) is 34.6. The summed E-state index contributed by atoms with van der Waals surface area (Å²) in [6.07, 6.45) is 0. The van der Waals surface area contributed by atoms with E-state index in [9.17, 15) is 0 Å². The molecule has 0 amide bonds. The SMILES string of the molecule is Cc1ccc(N(c2ccc(C)c(C)c2)c2cc(-c3ccccc3-c3ccccc3)c3ccc4c(N(c5ccc(C)c(C)c5)c5ccc(C)c(C)c5)cc(-c5ccccc5-c5ccccc5)c5ccc2c3c54)cc1C.Cc1cccc(N(c2cccc(C)c2)c2cc(-c3ccccc3)c3ccc4c(N(c5cccc(C)c5)c5cccc(C)c5)cc(-c5ccccc5)c5ccc2c3c54)c1. The molecule has 0 radical (unpaired) electrons. The Balaban J connectivity index is 0.000000164. The van der Waals surface area contributed by atoms with Gasteiger partial charge < -0.3 is 19.6 Å². The Morgan fingerprint density at radius 1 is 0.129 bits per heavy atom. The molecule has 0 saturated carbocycles. The molecule has 22 aromatic rings. The molecule has 22 rings (SSSR count).